The molecule has 1 unspecified atom stereocenters. The third kappa shape index (κ3) is 4.86. The van der Waals surface area contributed by atoms with Crippen LogP contribution in [0.15, 0.2) is 18.2 Å². The van der Waals surface area contributed by atoms with Gasteiger partial charge < -0.3 is 11.1 Å². The van der Waals surface area contributed by atoms with Crippen molar-refractivity contribution in [1.82, 2.24) is 0 Å². The molecule has 0 aromatic heterocycles. The summed E-state index contributed by atoms with van der Waals surface area (Å²) in [5, 5.41) is 3.16. The molecule has 0 aliphatic rings. The lowest BCUT2D eigenvalue weighted by Gasteiger charge is -2.19. The molecule has 0 heterocycles. The van der Waals surface area contributed by atoms with Crippen molar-refractivity contribution in [3.63, 3.8) is 0 Å². The number of halogens is 3. The molecular weight excluding hydrogens is 305 g/mol. The topological polar surface area (TPSA) is 38.0 Å². The van der Waals surface area contributed by atoms with E-state index in [1.54, 1.807) is 11.8 Å². The van der Waals surface area contributed by atoms with Crippen LogP contribution in [0.5, 0.6) is 0 Å². The number of thiocarbonyl (C=S) groups is 1. The average molecular weight is 322 g/mol. The lowest BCUT2D eigenvalue weighted by atomic mass is 10.1. The smallest absolute Gasteiger partial charge is 0.389 e. The summed E-state index contributed by atoms with van der Waals surface area (Å²) < 4.78 is 38.1. The summed E-state index contributed by atoms with van der Waals surface area (Å²) in [6.45, 7) is 1.97. The largest absolute Gasteiger partial charge is 0.416 e. The van der Waals surface area contributed by atoms with Gasteiger partial charge in [-0.25, -0.2) is 0 Å². The Kier molecular flexibility index (Phi) is 6.13. The highest BCUT2D eigenvalue weighted by Gasteiger charge is 2.31. The van der Waals surface area contributed by atoms with Crippen LogP contribution in [0.2, 0.25) is 0 Å². The van der Waals surface area contributed by atoms with Gasteiger partial charge in [-0.2, -0.15) is 24.9 Å². The van der Waals surface area contributed by atoms with Crippen LogP contribution in [0.4, 0.5) is 18.9 Å². The minimum Gasteiger partial charge on any atom is -0.389 e. The monoisotopic (exact) mass is 322 g/mol. The lowest BCUT2D eigenvalue weighted by Crippen LogP contribution is -2.21. The molecule has 0 spiro atoms. The van der Waals surface area contributed by atoms with Crippen LogP contribution in [0.25, 0.3) is 0 Å². The second kappa shape index (κ2) is 7.17. The number of hydrogen-bond donors (Lipinski definition) is 2. The number of nitrogens with two attached hydrogens (primary N) is 1. The molecule has 0 aliphatic carbocycles. The Labute approximate surface area is 126 Å². The maximum Gasteiger partial charge on any atom is 0.416 e. The summed E-state index contributed by atoms with van der Waals surface area (Å²) in [6.07, 6.45) is -1.49. The van der Waals surface area contributed by atoms with Crippen molar-refractivity contribution in [2.45, 2.75) is 25.6 Å². The van der Waals surface area contributed by atoms with Crippen molar-refractivity contribution in [2.24, 2.45) is 5.73 Å². The van der Waals surface area contributed by atoms with Gasteiger partial charge in [0.15, 0.2) is 0 Å². The lowest BCUT2D eigenvalue weighted by molar-refractivity contribution is -0.137. The Morgan fingerprint density at radius 2 is 2.10 bits per heavy atom. The van der Waals surface area contributed by atoms with Crippen molar-refractivity contribution in [2.75, 3.05) is 17.3 Å². The van der Waals surface area contributed by atoms with E-state index in [0.717, 1.165) is 24.3 Å². The van der Waals surface area contributed by atoms with Crippen molar-refractivity contribution in [1.29, 1.82) is 0 Å². The first-order valence-corrected chi connectivity index (χ1v) is 7.82. The number of alkyl halides is 3. The van der Waals surface area contributed by atoms with Gasteiger partial charge in [0, 0.05) is 17.3 Å². The Hall–Kier alpha value is -0.950. The minimum atomic E-state index is -4.40. The third-order valence-electron chi connectivity index (χ3n) is 2.77. The van der Waals surface area contributed by atoms with Gasteiger partial charge in [0.1, 0.15) is 4.99 Å². The Morgan fingerprint density at radius 3 is 2.60 bits per heavy atom. The molecule has 0 saturated heterocycles. The molecule has 112 valence electrons. The van der Waals surface area contributed by atoms with Gasteiger partial charge in [0.25, 0.3) is 0 Å². The van der Waals surface area contributed by atoms with Gasteiger partial charge in [-0.05, 0) is 43.6 Å². The molecule has 0 saturated carbocycles. The quantitative estimate of drug-likeness (QED) is 0.779. The predicted molar refractivity (Wildman–Crippen MR) is 83.4 cm³/mol. The van der Waals surface area contributed by atoms with Gasteiger partial charge in [0.05, 0.1) is 5.56 Å². The highest BCUT2D eigenvalue weighted by atomic mass is 32.2. The number of nitrogens with one attached hydrogen (secondary N) is 1. The molecule has 7 heteroatoms. The normalized spacial score (nSPS) is 13.1. The maximum absolute atomic E-state index is 12.7. The van der Waals surface area contributed by atoms with E-state index in [1.807, 2.05) is 13.2 Å². The molecule has 0 amide bonds. The fourth-order valence-electron chi connectivity index (χ4n) is 1.68. The maximum atomic E-state index is 12.7. The molecule has 0 aliphatic heterocycles. The van der Waals surface area contributed by atoms with Crippen LogP contribution in [0, 0.1) is 0 Å². The standard InChI is InChI=1S/C13H17F3N2S2/c1-8(5-6-20-2)18-11-4-3-9(13(14,15)16)7-10(11)12(17)19/h3-4,7-8,18H,5-6H2,1-2H3,(H2,17,19). The molecule has 1 aromatic carbocycles. The van der Waals surface area contributed by atoms with E-state index in [0.29, 0.717) is 5.69 Å². The molecule has 1 atom stereocenters. The number of thioether (sulfide) groups is 1. The molecule has 0 fully saturated rings. The average Bonchev–Trinajstić information content (AvgIpc) is 2.35. The van der Waals surface area contributed by atoms with Gasteiger partial charge in [-0.15, -0.1) is 0 Å². The van der Waals surface area contributed by atoms with Gasteiger partial charge in [-0.1, -0.05) is 12.2 Å². The van der Waals surface area contributed by atoms with E-state index < -0.39 is 11.7 Å². The van der Waals surface area contributed by atoms with Gasteiger partial charge in [0.2, 0.25) is 0 Å². The van der Waals surface area contributed by atoms with Crippen LogP contribution in [-0.2, 0) is 6.18 Å². The Bertz CT molecular complexity index is 475. The third-order valence-corrected chi connectivity index (χ3v) is 3.63. The van der Waals surface area contributed by atoms with Crippen LogP contribution < -0.4 is 11.1 Å². The molecule has 1 rings (SSSR count). The Morgan fingerprint density at radius 1 is 1.45 bits per heavy atom. The number of anilines is 1. The van der Waals surface area contributed by atoms with Crippen LogP contribution in [0.1, 0.15) is 24.5 Å². The van der Waals surface area contributed by atoms with E-state index in [1.165, 1.54) is 6.07 Å². The van der Waals surface area contributed by atoms with Crippen molar-refractivity contribution in [3.8, 4) is 0 Å². The summed E-state index contributed by atoms with van der Waals surface area (Å²) in [5.41, 5.74) is 5.54. The first-order valence-electron chi connectivity index (χ1n) is 6.02. The van der Waals surface area contributed by atoms with E-state index in [-0.39, 0.29) is 16.6 Å². The first kappa shape index (κ1) is 17.1. The summed E-state index contributed by atoms with van der Waals surface area (Å²) in [6, 6.07) is 3.54. The first-order chi connectivity index (χ1) is 9.25. The van der Waals surface area contributed by atoms with E-state index in [9.17, 15) is 13.2 Å². The summed E-state index contributed by atoms with van der Waals surface area (Å²) in [4.78, 5) is -0.0457. The van der Waals surface area contributed by atoms with Crippen LogP contribution in [-0.4, -0.2) is 23.0 Å². The molecule has 0 bridgehead atoms. The van der Waals surface area contributed by atoms with E-state index in [4.69, 9.17) is 18.0 Å². The minimum absolute atomic E-state index is 0.0457. The zero-order valence-corrected chi connectivity index (χ0v) is 12.9. The molecular formula is C13H17F3N2S2. The number of benzene rings is 1. The second-order valence-corrected chi connectivity index (χ2v) is 5.87. The molecule has 0 radical (unpaired) electrons. The zero-order valence-electron chi connectivity index (χ0n) is 11.3. The number of rotatable bonds is 6. The van der Waals surface area contributed by atoms with Crippen molar-refractivity contribution < 1.29 is 13.2 Å². The zero-order chi connectivity index (χ0) is 15.3. The fourth-order valence-corrected chi connectivity index (χ4v) is 2.44. The SMILES string of the molecule is CSCCC(C)Nc1ccc(C(F)(F)F)cc1C(N)=S. The highest BCUT2D eigenvalue weighted by molar-refractivity contribution is 7.98. The fraction of sp³-hybridized carbons (Fsp3) is 0.462. The predicted octanol–water partition coefficient (Wildman–Crippen LogP) is 3.89. The van der Waals surface area contributed by atoms with E-state index >= 15 is 0 Å². The molecule has 2 nitrogen and oxygen atoms in total. The van der Waals surface area contributed by atoms with Gasteiger partial charge >= 0.3 is 6.18 Å². The molecule has 20 heavy (non-hydrogen) atoms. The summed E-state index contributed by atoms with van der Waals surface area (Å²) in [7, 11) is 0. The highest BCUT2D eigenvalue weighted by Crippen LogP contribution is 2.32. The number of hydrogen-bond acceptors (Lipinski definition) is 3. The van der Waals surface area contributed by atoms with Gasteiger partial charge in [-0.3, -0.25) is 0 Å². The van der Waals surface area contributed by atoms with Crippen molar-refractivity contribution >= 4 is 34.7 Å². The Balaban J connectivity index is 2.99. The molecule has 1 aromatic rings. The van der Waals surface area contributed by atoms with Crippen LogP contribution in [0.3, 0.4) is 0 Å². The van der Waals surface area contributed by atoms with Crippen molar-refractivity contribution in [3.05, 3.63) is 29.3 Å². The summed E-state index contributed by atoms with van der Waals surface area (Å²) >= 11 is 6.56. The molecule has 3 N–H and O–H groups in total. The van der Waals surface area contributed by atoms with Crippen LogP contribution >= 0.6 is 24.0 Å². The van der Waals surface area contributed by atoms with E-state index in [2.05, 4.69) is 5.32 Å². The second-order valence-electron chi connectivity index (χ2n) is 4.45. The summed E-state index contributed by atoms with van der Waals surface area (Å²) in [5.74, 6) is 0.969.